The van der Waals surface area contributed by atoms with E-state index in [1.54, 1.807) is 12.4 Å². The molecular weight excluding hydrogens is 380 g/mol. The number of hydrogen-bond donors (Lipinski definition) is 2. The van der Waals surface area contributed by atoms with Crippen LogP contribution in [0.1, 0.15) is 26.7 Å². The first kappa shape index (κ1) is 21.8. The first-order chi connectivity index (χ1) is 13.7. The summed E-state index contributed by atoms with van der Waals surface area (Å²) in [6, 6.07) is 3.24. The van der Waals surface area contributed by atoms with Gasteiger partial charge in [-0.2, -0.15) is 0 Å². The standard InChI is InChI=1S/C18H26N6O3S/c1-3-8-20-17(26)21-15(25)13-28-18-23-22-16(14-6-9-19-10-7-14)24(18)11-5-12-27-4-2/h6-7,9-10H,3-5,8,11-13H2,1-2H3,(H2,20,21,25,26). The van der Waals surface area contributed by atoms with Crippen LogP contribution in [0.2, 0.25) is 0 Å². The van der Waals surface area contributed by atoms with Crippen molar-refractivity contribution in [2.75, 3.05) is 25.5 Å². The summed E-state index contributed by atoms with van der Waals surface area (Å²) in [6.07, 6.45) is 5.00. The van der Waals surface area contributed by atoms with Crippen LogP contribution < -0.4 is 10.6 Å². The average Bonchev–Trinajstić information content (AvgIpc) is 3.11. The zero-order valence-electron chi connectivity index (χ0n) is 16.2. The Morgan fingerprint density at radius 3 is 2.71 bits per heavy atom. The molecule has 152 valence electrons. The summed E-state index contributed by atoms with van der Waals surface area (Å²) in [5, 5.41) is 14.0. The molecule has 3 amide bonds. The minimum absolute atomic E-state index is 0.0689. The molecular formula is C18H26N6O3S. The molecule has 0 saturated carbocycles. The SMILES string of the molecule is CCCNC(=O)NC(=O)CSc1nnc(-c2ccncc2)n1CCCOCC. The second-order valence-corrected chi connectivity index (χ2v) is 6.78. The van der Waals surface area contributed by atoms with Crippen molar-refractivity contribution in [1.29, 1.82) is 0 Å². The van der Waals surface area contributed by atoms with Crippen molar-refractivity contribution < 1.29 is 14.3 Å². The lowest BCUT2D eigenvalue weighted by Gasteiger charge is -2.10. The molecule has 10 heteroatoms. The molecule has 2 aromatic rings. The van der Waals surface area contributed by atoms with Crippen molar-refractivity contribution in [3.8, 4) is 11.4 Å². The van der Waals surface area contributed by atoms with Gasteiger partial charge in [0.05, 0.1) is 5.75 Å². The number of ether oxygens (including phenoxy) is 1. The summed E-state index contributed by atoms with van der Waals surface area (Å²) < 4.78 is 7.37. The van der Waals surface area contributed by atoms with E-state index in [1.807, 2.05) is 30.5 Å². The van der Waals surface area contributed by atoms with Gasteiger partial charge in [-0.3, -0.25) is 15.1 Å². The van der Waals surface area contributed by atoms with Gasteiger partial charge in [0.15, 0.2) is 11.0 Å². The number of pyridine rings is 1. The van der Waals surface area contributed by atoms with E-state index in [-0.39, 0.29) is 11.7 Å². The van der Waals surface area contributed by atoms with Crippen LogP contribution in [0.3, 0.4) is 0 Å². The molecule has 0 radical (unpaired) electrons. The predicted molar refractivity (Wildman–Crippen MR) is 107 cm³/mol. The molecule has 0 aliphatic carbocycles. The normalized spacial score (nSPS) is 10.6. The van der Waals surface area contributed by atoms with Crippen LogP contribution in [-0.2, 0) is 16.1 Å². The summed E-state index contributed by atoms with van der Waals surface area (Å²) in [7, 11) is 0. The van der Waals surface area contributed by atoms with Crippen LogP contribution in [0.4, 0.5) is 4.79 Å². The first-order valence-electron chi connectivity index (χ1n) is 9.27. The Labute approximate surface area is 168 Å². The summed E-state index contributed by atoms with van der Waals surface area (Å²) in [5.41, 5.74) is 0.897. The largest absolute Gasteiger partial charge is 0.382 e. The predicted octanol–water partition coefficient (Wildman–Crippen LogP) is 2.09. The number of rotatable bonds is 11. The molecule has 0 fully saturated rings. The summed E-state index contributed by atoms with van der Waals surface area (Å²) >= 11 is 1.24. The number of urea groups is 1. The second-order valence-electron chi connectivity index (χ2n) is 5.84. The lowest BCUT2D eigenvalue weighted by molar-refractivity contribution is -0.117. The maximum absolute atomic E-state index is 12.0. The van der Waals surface area contributed by atoms with Gasteiger partial charge < -0.3 is 14.6 Å². The highest BCUT2D eigenvalue weighted by atomic mass is 32.2. The number of thioether (sulfide) groups is 1. The fraction of sp³-hybridized carbons (Fsp3) is 0.500. The quantitative estimate of drug-likeness (QED) is 0.434. The Morgan fingerprint density at radius 2 is 2.00 bits per heavy atom. The van der Waals surface area contributed by atoms with E-state index in [9.17, 15) is 9.59 Å². The Morgan fingerprint density at radius 1 is 1.21 bits per heavy atom. The van der Waals surface area contributed by atoms with E-state index in [2.05, 4.69) is 25.8 Å². The summed E-state index contributed by atoms with van der Waals surface area (Å²) in [4.78, 5) is 27.6. The molecule has 0 atom stereocenters. The van der Waals surface area contributed by atoms with Crippen molar-refractivity contribution in [3.05, 3.63) is 24.5 Å². The molecule has 0 aliphatic rings. The van der Waals surface area contributed by atoms with E-state index < -0.39 is 6.03 Å². The zero-order chi connectivity index (χ0) is 20.2. The third-order valence-corrected chi connectivity index (χ3v) is 4.62. The molecule has 0 aliphatic heterocycles. The Kier molecular flexibility index (Phi) is 9.43. The third kappa shape index (κ3) is 6.93. The van der Waals surface area contributed by atoms with Crippen molar-refractivity contribution >= 4 is 23.7 Å². The fourth-order valence-corrected chi connectivity index (χ4v) is 3.12. The highest BCUT2D eigenvalue weighted by Gasteiger charge is 2.16. The Hall–Kier alpha value is -2.46. The van der Waals surface area contributed by atoms with E-state index in [4.69, 9.17) is 4.74 Å². The minimum atomic E-state index is -0.483. The Balaban J connectivity index is 2.03. The number of carbonyl (C=O) groups excluding carboxylic acids is 2. The lowest BCUT2D eigenvalue weighted by atomic mass is 10.2. The number of carbonyl (C=O) groups is 2. The molecule has 0 unspecified atom stereocenters. The van der Waals surface area contributed by atoms with Crippen LogP contribution in [0.25, 0.3) is 11.4 Å². The molecule has 0 bridgehead atoms. The van der Waals surface area contributed by atoms with E-state index in [0.717, 1.165) is 18.4 Å². The van der Waals surface area contributed by atoms with Crippen LogP contribution in [0.15, 0.2) is 29.7 Å². The molecule has 0 aromatic carbocycles. The average molecular weight is 407 g/mol. The lowest BCUT2D eigenvalue weighted by Crippen LogP contribution is -2.40. The van der Waals surface area contributed by atoms with Crippen molar-refractivity contribution in [2.45, 2.75) is 38.4 Å². The van der Waals surface area contributed by atoms with Gasteiger partial charge in [-0.1, -0.05) is 18.7 Å². The maximum Gasteiger partial charge on any atom is 0.321 e. The number of amides is 3. The van der Waals surface area contributed by atoms with Crippen molar-refractivity contribution in [1.82, 2.24) is 30.4 Å². The number of nitrogens with zero attached hydrogens (tertiary/aromatic N) is 4. The van der Waals surface area contributed by atoms with Crippen LogP contribution in [0.5, 0.6) is 0 Å². The summed E-state index contributed by atoms with van der Waals surface area (Å²) in [5.74, 6) is 0.398. The topological polar surface area (TPSA) is 111 Å². The number of aromatic nitrogens is 4. The molecule has 2 rings (SSSR count). The van der Waals surface area contributed by atoms with E-state index in [0.29, 0.717) is 37.3 Å². The maximum atomic E-state index is 12.0. The van der Waals surface area contributed by atoms with Crippen molar-refractivity contribution in [3.63, 3.8) is 0 Å². The van der Waals surface area contributed by atoms with Gasteiger partial charge in [-0.15, -0.1) is 10.2 Å². The molecule has 28 heavy (non-hydrogen) atoms. The Bertz CT molecular complexity index is 753. The van der Waals surface area contributed by atoms with Gasteiger partial charge in [0.2, 0.25) is 5.91 Å². The molecule has 2 N–H and O–H groups in total. The van der Waals surface area contributed by atoms with Crippen LogP contribution >= 0.6 is 11.8 Å². The van der Waals surface area contributed by atoms with Crippen LogP contribution in [-0.4, -0.2) is 57.2 Å². The molecule has 2 aromatic heterocycles. The van der Waals surface area contributed by atoms with Gasteiger partial charge in [0.25, 0.3) is 0 Å². The highest BCUT2D eigenvalue weighted by Crippen LogP contribution is 2.23. The van der Waals surface area contributed by atoms with Crippen LogP contribution in [0, 0.1) is 0 Å². The second kappa shape index (κ2) is 12.1. The molecule has 0 saturated heterocycles. The van der Waals surface area contributed by atoms with Gasteiger partial charge in [-0.05, 0) is 31.9 Å². The number of imide groups is 1. The fourth-order valence-electron chi connectivity index (χ4n) is 2.36. The number of nitrogens with one attached hydrogen (secondary N) is 2. The smallest absolute Gasteiger partial charge is 0.321 e. The van der Waals surface area contributed by atoms with E-state index in [1.165, 1.54) is 11.8 Å². The first-order valence-corrected chi connectivity index (χ1v) is 10.3. The molecule has 0 spiro atoms. The van der Waals surface area contributed by atoms with Gasteiger partial charge in [0.1, 0.15) is 0 Å². The highest BCUT2D eigenvalue weighted by molar-refractivity contribution is 7.99. The minimum Gasteiger partial charge on any atom is -0.382 e. The van der Waals surface area contributed by atoms with Gasteiger partial charge >= 0.3 is 6.03 Å². The molecule has 9 nitrogen and oxygen atoms in total. The van der Waals surface area contributed by atoms with E-state index >= 15 is 0 Å². The third-order valence-electron chi connectivity index (χ3n) is 3.65. The zero-order valence-corrected chi connectivity index (χ0v) is 17.0. The molecule has 2 heterocycles. The summed E-state index contributed by atoms with van der Waals surface area (Å²) in [6.45, 7) is 6.38. The van der Waals surface area contributed by atoms with Gasteiger partial charge in [0, 0.05) is 44.3 Å². The van der Waals surface area contributed by atoms with Crippen molar-refractivity contribution in [2.24, 2.45) is 0 Å². The monoisotopic (exact) mass is 406 g/mol. The van der Waals surface area contributed by atoms with Gasteiger partial charge in [-0.25, -0.2) is 4.79 Å². The number of hydrogen-bond acceptors (Lipinski definition) is 7.